The number of nitrogens with zero attached hydrogens (tertiary/aromatic N) is 4. The van der Waals surface area contributed by atoms with Crippen LogP contribution in [0.4, 0.5) is 0 Å². The zero-order valence-corrected chi connectivity index (χ0v) is 12.3. The van der Waals surface area contributed by atoms with Crippen molar-refractivity contribution in [1.29, 1.82) is 10.5 Å². The highest BCUT2D eigenvalue weighted by Gasteiger charge is 2.26. The zero-order chi connectivity index (χ0) is 15.4. The molecule has 0 bridgehead atoms. The summed E-state index contributed by atoms with van der Waals surface area (Å²) >= 11 is 0. The Hall–Kier alpha value is -1.88. The molecule has 20 heavy (non-hydrogen) atoms. The minimum absolute atomic E-state index is 0.456. The van der Waals surface area contributed by atoms with Crippen molar-refractivity contribution >= 4 is 0 Å². The van der Waals surface area contributed by atoms with Crippen LogP contribution in [-0.4, -0.2) is 35.2 Å². The molecule has 0 saturated heterocycles. The average molecular weight is 272 g/mol. The molecule has 0 aromatic rings. The molecule has 0 fully saturated rings. The summed E-state index contributed by atoms with van der Waals surface area (Å²) in [4.78, 5) is 0. The summed E-state index contributed by atoms with van der Waals surface area (Å²) in [5.74, 6) is 0. The van der Waals surface area contributed by atoms with Gasteiger partial charge in [0.25, 0.3) is 0 Å². The van der Waals surface area contributed by atoms with Gasteiger partial charge in [-0.2, -0.15) is 10.5 Å². The molecule has 4 nitrogen and oxygen atoms in total. The molecule has 0 aliphatic rings. The molecular formula is C16H24N4. The van der Waals surface area contributed by atoms with Crippen molar-refractivity contribution in [3.63, 3.8) is 0 Å². The fourth-order valence-corrected chi connectivity index (χ4v) is 1.94. The number of unbranched alkanes of at least 4 members (excludes halogenated alkanes) is 2. The van der Waals surface area contributed by atoms with Crippen LogP contribution in [-0.2, 0) is 0 Å². The summed E-state index contributed by atoms with van der Waals surface area (Å²) in [5.41, 5.74) is 0. The normalized spacial score (nSPS) is 13.2. The van der Waals surface area contributed by atoms with E-state index in [4.69, 9.17) is 0 Å². The molecule has 0 aliphatic heterocycles. The number of rotatable bonds is 11. The fourth-order valence-electron chi connectivity index (χ4n) is 1.94. The van der Waals surface area contributed by atoms with Gasteiger partial charge < -0.3 is 0 Å². The SMILES string of the molecule is C=CCN(C(C#N)C=C)N(CCCCC)C(C#N)C=C. The van der Waals surface area contributed by atoms with Crippen molar-refractivity contribution < 1.29 is 0 Å². The molecule has 0 rings (SSSR count). The van der Waals surface area contributed by atoms with Crippen LogP contribution in [0.25, 0.3) is 0 Å². The maximum atomic E-state index is 9.27. The van der Waals surface area contributed by atoms with Gasteiger partial charge in [-0.25, -0.2) is 10.0 Å². The Balaban J connectivity index is 5.23. The number of hydrogen-bond acceptors (Lipinski definition) is 4. The van der Waals surface area contributed by atoms with E-state index in [2.05, 4.69) is 38.8 Å². The van der Waals surface area contributed by atoms with E-state index in [-0.39, 0.29) is 0 Å². The van der Waals surface area contributed by atoms with E-state index in [1.165, 1.54) is 0 Å². The summed E-state index contributed by atoms with van der Waals surface area (Å²) in [6.07, 6.45) is 8.04. The molecule has 0 aliphatic carbocycles. The molecule has 0 radical (unpaired) electrons. The quantitative estimate of drug-likeness (QED) is 0.329. The monoisotopic (exact) mass is 272 g/mol. The third-order valence-corrected chi connectivity index (χ3v) is 2.99. The molecule has 0 spiro atoms. The van der Waals surface area contributed by atoms with Gasteiger partial charge in [-0.1, -0.05) is 38.0 Å². The highest BCUT2D eigenvalue weighted by Crippen LogP contribution is 2.13. The summed E-state index contributed by atoms with van der Waals surface area (Å²) < 4.78 is 0. The van der Waals surface area contributed by atoms with Crippen molar-refractivity contribution in [2.45, 2.75) is 38.3 Å². The van der Waals surface area contributed by atoms with Crippen molar-refractivity contribution in [2.75, 3.05) is 13.1 Å². The Bertz CT molecular complexity index is 388. The van der Waals surface area contributed by atoms with Crippen LogP contribution in [0, 0.1) is 22.7 Å². The second-order valence-electron chi connectivity index (χ2n) is 4.40. The third-order valence-electron chi connectivity index (χ3n) is 2.99. The van der Waals surface area contributed by atoms with Gasteiger partial charge in [-0.3, -0.25) is 0 Å². The van der Waals surface area contributed by atoms with E-state index >= 15 is 0 Å². The van der Waals surface area contributed by atoms with Crippen LogP contribution in [0.1, 0.15) is 26.2 Å². The molecule has 0 aromatic carbocycles. The lowest BCUT2D eigenvalue weighted by molar-refractivity contribution is -0.0320. The largest absolute Gasteiger partial charge is 0.219 e. The van der Waals surface area contributed by atoms with E-state index in [9.17, 15) is 10.5 Å². The molecule has 0 amide bonds. The van der Waals surface area contributed by atoms with Gasteiger partial charge in [0.05, 0.1) is 12.1 Å². The lowest BCUT2D eigenvalue weighted by Crippen LogP contribution is -2.52. The summed E-state index contributed by atoms with van der Waals surface area (Å²) in [5, 5.41) is 22.2. The minimum atomic E-state index is -0.481. The maximum Gasteiger partial charge on any atom is 0.129 e. The third kappa shape index (κ3) is 5.40. The van der Waals surface area contributed by atoms with Crippen LogP contribution in [0.2, 0.25) is 0 Å². The van der Waals surface area contributed by atoms with E-state index in [0.29, 0.717) is 13.1 Å². The molecule has 0 N–H and O–H groups in total. The van der Waals surface area contributed by atoms with Gasteiger partial charge in [0.15, 0.2) is 0 Å². The Kier molecular flexibility index (Phi) is 9.96. The summed E-state index contributed by atoms with van der Waals surface area (Å²) in [6.45, 7) is 14.4. The first-order valence-corrected chi connectivity index (χ1v) is 6.88. The van der Waals surface area contributed by atoms with Crippen molar-refractivity contribution in [3.05, 3.63) is 38.0 Å². The van der Waals surface area contributed by atoms with Gasteiger partial charge in [0, 0.05) is 13.1 Å². The van der Waals surface area contributed by atoms with Crippen LogP contribution < -0.4 is 0 Å². The van der Waals surface area contributed by atoms with E-state index in [0.717, 1.165) is 19.3 Å². The van der Waals surface area contributed by atoms with E-state index in [1.807, 2.05) is 10.0 Å². The van der Waals surface area contributed by atoms with Gasteiger partial charge >= 0.3 is 0 Å². The highest BCUT2D eigenvalue weighted by molar-refractivity contribution is 5.08. The second kappa shape index (κ2) is 11.0. The van der Waals surface area contributed by atoms with Gasteiger partial charge in [0.1, 0.15) is 12.1 Å². The Morgan fingerprint density at radius 1 is 1.00 bits per heavy atom. The lowest BCUT2D eigenvalue weighted by Gasteiger charge is -2.38. The van der Waals surface area contributed by atoms with Crippen molar-refractivity contribution in [2.24, 2.45) is 0 Å². The molecule has 2 atom stereocenters. The first kappa shape index (κ1) is 18.1. The summed E-state index contributed by atoms with van der Waals surface area (Å²) in [6, 6.07) is 3.46. The molecule has 108 valence electrons. The molecule has 0 aromatic heterocycles. The van der Waals surface area contributed by atoms with Crippen molar-refractivity contribution in [1.82, 2.24) is 10.0 Å². The van der Waals surface area contributed by atoms with Crippen LogP contribution in [0.15, 0.2) is 38.0 Å². The smallest absolute Gasteiger partial charge is 0.129 e. The maximum absolute atomic E-state index is 9.27. The predicted octanol–water partition coefficient (Wildman–Crippen LogP) is 3.04. The second-order valence-corrected chi connectivity index (χ2v) is 4.40. The number of hydrazine groups is 1. The first-order valence-electron chi connectivity index (χ1n) is 6.88. The standard InChI is InChI=1S/C16H24N4/c1-5-9-10-12-20(16(8-4)14-18)19(11-6-2)15(7-3)13-17/h6-8,15-16H,2-5,9-12H2,1H3. The van der Waals surface area contributed by atoms with Crippen LogP contribution in [0.3, 0.4) is 0 Å². The Morgan fingerprint density at radius 3 is 1.95 bits per heavy atom. The summed E-state index contributed by atoms with van der Waals surface area (Å²) in [7, 11) is 0. The highest BCUT2D eigenvalue weighted by atomic mass is 15.6. The lowest BCUT2D eigenvalue weighted by atomic mass is 10.2. The minimum Gasteiger partial charge on any atom is -0.219 e. The number of hydrogen-bond donors (Lipinski definition) is 0. The van der Waals surface area contributed by atoms with Crippen LogP contribution >= 0.6 is 0 Å². The fraction of sp³-hybridized carbons (Fsp3) is 0.500. The molecule has 0 heterocycles. The van der Waals surface area contributed by atoms with Crippen molar-refractivity contribution in [3.8, 4) is 12.1 Å². The van der Waals surface area contributed by atoms with Gasteiger partial charge in [0.2, 0.25) is 0 Å². The molecule has 2 unspecified atom stereocenters. The Labute approximate surface area is 122 Å². The topological polar surface area (TPSA) is 54.1 Å². The van der Waals surface area contributed by atoms with E-state index in [1.54, 1.807) is 18.2 Å². The van der Waals surface area contributed by atoms with Gasteiger partial charge in [-0.15, -0.1) is 19.7 Å². The van der Waals surface area contributed by atoms with E-state index < -0.39 is 12.1 Å². The predicted molar refractivity (Wildman–Crippen MR) is 82.3 cm³/mol. The molecule has 0 saturated carbocycles. The Morgan fingerprint density at radius 2 is 1.55 bits per heavy atom. The average Bonchev–Trinajstić information content (AvgIpc) is 2.47. The zero-order valence-electron chi connectivity index (χ0n) is 12.3. The molecular weight excluding hydrogens is 248 g/mol. The molecule has 4 heteroatoms. The van der Waals surface area contributed by atoms with Crippen LogP contribution in [0.5, 0.6) is 0 Å². The van der Waals surface area contributed by atoms with Gasteiger partial charge in [-0.05, 0) is 6.42 Å². The number of nitriles is 2. The first-order chi connectivity index (χ1) is 9.69.